The van der Waals surface area contributed by atoms with Crippen LogP contribution < -0.4 is 10.6 Å². The van der Waals surface area contributed by atoms with E-state index >= 15 is 0 Å². The Labute approximate surface area is 271 Å². The summed E-state index contributed by atoms with van der Waals surface area (Å²) in [5.41, 5.74) is 1.71. The molecule has 3 saturated heterocycles. The first-order valence-electron chi connectivity index (χ1n) is 18.2. The predicted molar refractivity (Wildman–Crippen MR) is 191 cm³/mol. The first kappa shape index (κ1) is 39.0. The standard InChI is InChI=1S/C27H56N4.C11H23N/c1-11-31(23-20-26(6,7)29-27(8,9)21-23)17-15-13-12-14-16-30(10)22-18-24(2,3)28-25(4,5)19-22;1-9-7-10(2,3)12(6)11(4,5)8-9/h22-23,28-29H,11-21H2,1-10H3;9H,7-8H2,1-6H3. The summed E-state index contributed by atoms with van der Waals surface area (Å²) in [6, 6.07) is 1.42. The number of nitrogens with zero attached hydrogens (tertiary/aromatic N) is 3. The third-order valence-corrected chi connectivity index (χ3v) is 11.1. The Balaban J connectivity index is 0.000000448. The van der Waals surface area contributed by atoms with E-state index in [2.05, 4.69) is 136 Å². The molecule has 0 amide bonds. The van der Waals surface area contributed by atoms with Crippen molar-refractivity contribution in [2.75, 3.05) is 33.7 Å². The molecule has 2 N–H and O–H groups in total. The van der Waals surface area contributed by atoms with Gasteiger partial charge in [0.1, 0.15) is 0 Å². The summed E-state index contributed by atoms with van der Waals surface area (Å²) in [4.78, 5) is 7.93. The number of unbranched alkanes of at least 4 members (excludes halogenated alkanes) is 3. The Bertz CT molecular complexity index is 791. The van der Waals surface area contributed by atoms with Crippen molar-refractivity contribution in [3.63, 3.8) is 0 Å². The number of hydrogen-bond acceptors (Lipinski definition) is 5. The normalized spacial score (nSPS) is 27.2. The second-order valence-electron chi connectivity index (χ2n) is 19.1. The van der Waals surface area contributed by atoms with Crippen molar-refractivity contribution in [3.8, 4) is 0 Å². The zero-order valence-electron chi connectivity index (χ0n) is 32.3. The quantitative estimate of drug-likeness (QED) is 0.245. The second-order valence-corrected chi connectivity index (χ2v) is 19.1. The minimum Gasteiger partial charge on any atom is -0.307 e. The number of rotatable bonds is 10. The third kappa shape index (κ3) is 12.5. The summed E-state index contributed by atoms with van der Waals surface area (Å²) in [6.45, 7) is 36.7. The fourth-order valence-electron chi connectivity index (χ4n) is 9.79. The van der Waals surface area contributed by atoms with Crippen LogP contribution in [-0.4, -0.2) is 93.7 Å². The zero-order chi connectivity index (χ0) is 33.1. The molecule has 5 heteroatoms. The molecule has 0 aliphatic carbocycles. The molecular formula is C38H79N5. The summed E-state index contributed by atoms with van der Waals surface area (Å²) in [5, 5.41) is 7.66. The predicted octanol–water partition coefficient (Wildman–Crippen LogP) is 8.32. The van der Waals surface area contributed by atoms with E-state index in [4.69, 9.17) is 0 Å². The van der Waals surface area contributed by atoms with Crippen LogP contribution in [0.2, 0.25) is 0 Å². The van der Waals surface area contributed by atoms with E-state index in [1.807, 2.05) is 0 Å². The Morgan fingerprint density at radius 1 is 0.581 bits per heavy atom. The molecule has 0 aromatic heterocycles. The fourth-order valence-corrected chi connectivity index (χ4v) is 9.79. The van der Waals surface area contributed by atoms with Gasteiger partial charge in [0.05, 0.1) is 0 Å². The van der Waals surface area contributed by atoms with Gasteiger partial charge in [-0.3, -0.25) is 4.90 Å². The SMILES string of the molecule is CC1CC(C)(C)N(C)C(C)(C)C1.CCN(CCCCCCN(C)C1CC(C)(C)NC(C)(C)C1)C1CC(C)(C)NC(C)(C)C1. The van der Waals surface area contributed by atoms with Gasteiger partial charge in [-0.1, -0.05) is 26.7 Å². The van der Waals surface area contributed by atoms with Gasteiger partial charge >= 0.3 is 0 Å². The van der Waals surface area contributed by atoms with E-state index < -0.39 is 0 Å². The van der Waals surface area contributed by atoms with Crippen molar-refractivity contribution >= 4 is 0 Å². The molecule has 0 aromatic carbocycles. The highest BCUT2D eigenvalue weighted by molar-refractivity contribution is 5.01. The largest absolute Gasteiger partial charge is 0.307 e. The Kier molecular flexibility index (Phi) is 13.3. The summed E-state index contributed by atoms with van der Waals surface area (Å²) < 4.78 is 0. The zero-order valence-corrected chi connectivity index (χ0v) is 32.3. The van der Waals surface area contributed by atoms with Crippen molar-refractivity contribution in [3.05, 3.63) is 0 Å². The molecule has 0 radical (unpaired) electrons. The van der Waals surface area contributed by atoms with Crippen molar-refractivity contribution in [2.45, 2.75) is 206 Å². The van der Waals surface area contributed by atoms with Crippen molar-refractivity contribution < 1.29 is 0 Å². The molecular weight excluding hydrogens is 526 g/mol. The van der Waals surface area contributed by atoms with Crippen molar-refractivity contribution in [2.24, 2.45) is 5.92 Å². The number of piperidine rings is 3. The van der Waals surface area contributed by atoms with Gasteiger partial charge in [0, 0.05) is 45.3 Å². The summed E-state index contributed by atoms with van der Waals surface area (Å²) in [7, 11) is 4.60. The van der Waals surface area contributed by atoms with Gasteiger partial charge in [-0.25, -0.2) is 0 Å². The molecule has 3 aliphatic rings. The monoisotopic (exact) mass is 606 g/mol. The topological polar surface area (TPSA) is 33.8 Å². The fraction of sp³-hybridized carbons (Fsp3) is 1.00. The molecule has 3 heterocycles. The first-order chi connectivity index (χ1) is 19.4. The molecule has 3 aliphatic heterocycles. The summed E-state index contributed by atoms with van der Waals surface area (Å²) in [5.74, 6) is 0.867. The molecule has 256 valence electrons. The van der Waals surface area contributed by atoms with E-state index in [0.717, 1.165) is 5.92 Å². The van der Waals surface area contributed by atoms with E-state index in [0.29, 0.717) is 23.2 Å². The number of nitrogens with one attached hydrogen (secondary N) is 2. The lowest BCUT2D eigenvalue weighted by molar-refractivity contribution is -0.0255. The molecule has 43 heavy (non-hydrogen) atoms. The van der Waals surface area contributed by atoms with Gasteiger partial charge in [0.2, 0.25) is 0 Å². The van der Waals surface area contributed by atoms with Crippen LogP contribution >= 0.6 is 0 Å². The van der Waals surface area contributed by atoms with E-state index in [-0.39, 0.29) is 22.2 Å². The van der Waals surface area contributed by atoms with Crippen molar-refractivity contribution in [1.82, 2.24) is 25.3 Å². The second kappa shape index (κ2) is 14.7. The lowest BCUT2D eigenvalue weighted by Gasteiger charge is -2.53. The van der Waals surface area contributed by atoms with Crippen molar-refractivity contribution in [1.29, 1.82) is 0 Å². The first-order valence-corrected chi connectivity index (χ1v) is 18.2. The molecule has 0 unspecified atom stereocenters. The summed E-state index contributed by atoms with van der Waals surface area (Å²) >= 11 is 0. The van der Waals surface area contributed by atoms with Gasteiger partial charge in [-0.2, -0.15) is 0 Å². The molecule has 0 saturated carbocycles. The van der Waals surface area contributed by atoms with Crippen LogP contribution in [0.15, 0.2) is 0 Å². The van der Waals surface area contributed by atoms with Gasteiger partial charge < -0.3 is 20.4 Å². The molecule has 0 spiro atoms. The molecule has 0 bridgehead atoms. The molecule has 5 nitrogen and oxygen atoms in total. The average Bonchev–Trinajstić information content (AvgIpc) is 2.77. The molecule has 0 atom stereocenters. The summed E-state index contributed by atoms with van der Waals surface area (Å²) in [6.07, 6.45) is 13.1. The van der Waals surface area contributed by atoms with Gasteiger partial charge in [-0.15, -0.1) is 0 Å². The molecule has 3 rings (SSSR count). The maximum atomic E-state index is 3.84. The van der Waals surface area contributed by atoms with Crippen LogP contribution in [0.1, 0.15) is 161 Å². The lowest BCUT2D eigenvalue weighted by Crippen LogP contribution is -2.62. The highest BCUT2D eigenvalue weighted by Gasteiger charge is 2.42. The van der Waals surface area contributed by atoms with Crippen LogP contribution in [0.5, 0.6) is 0 Å². The minimum absolute atomic E-state index is 0.238. The van der Waals surface area contributed by atoms with E-state index in [1.54, 1.807) is 0 Å². The lowest BCUT2D eigenvalue weighted by atomic mass is 9.75. The highest BCUT2D eigenvalue weighted by atomic mass is 15.2. The Hall–Kier alpha value is -0.200. The molecule has 3 fully saturated rings. The number of likely N-dealkylation sites (tertiary alicyclic amines) is 1. The van der Waals surface area contributed by atoms with Crippen LogP contribution in [0.4, 0.5) is 0 Å². The highest BCUT2D eigenvalue weighted by Crippen LogP contribution is 2.39. The Morgan fingerprint density at radius 2 is 0.953 bits per heavy atom. The smallest absolute Gasteiger partial charge is 0.0158 e. The van der Waals surface area contributed by atoms with Gasteiger partial charge in [-0.05, 0) is 174 Å². The van der Waals surface area contributed by atoms with Gasteiger partial charge in [0.25, 0.3) is 0 Å². The maximum absolute atomic E-state index is 3.84. The average molecular weight is 606 g/mol. The van der Waals surface area contributed by atoms with Crippen LogP contribution in [0.3, 0.4) is 0 Å². The van der Waals surface area contributed by atoms with Crippen LogP contribution in [-0.2, 0) is 0 Å². The van der Waals surface area contributed by atoms with E-state index in [9.17, 15) is 0 Å². The van der Waals surface area contributed by atoms with E-state index in [1.165, 1.54) is 83.8 Å². The minimum atomic E-state index is 0.238. The van der Waals surface area contributed by atoms with Crippen LogP contribution in [0.25, 0.3) is 0 Å². The maximum Gasteiger partial charge on any atom is 0.0158 e. The molecule has 0 aromatic rings. The van der Waals surface area contributed by atoms with Gasteiger partial charge in [0.15, 0.2) is 0 Å². The van der Waals surface area contributed by atoms with Crippen LogP contribution in [0, 0.1) is 5.92 Å². The number of hydrogen-bond donors (Lipinski definition) is 2. The Morgan fingerprint density at radius 3 is 1.35 bits per heavy atom. The third-order valence-electron chi connectivity index (χ3n) is 11.1.